The van der Waals surface area contributed by atoms with Crippen LogP contribution in [0.2, 0.25) is 15.1 Å². The molecule has 3 aromatic rings. The highest BCUT2D eigenvalue weighted by Gasteiger charge is 2.22. The number of carbonyl (C=O) groups excluding carboxylic acids is 2. The van der Waals surface area contributed by atoms with Gasteiger partial charge >= 0.3 is 6.03 Å². The highest BCUT2D eigenvalue weighted by atomic mass is 35.5. The number of nitrogens with one attached hydrogen (secondary N) is 2. The topological polar surface area (TPSA) is 70.7 Å². The second kappa shape index (κ2) is 10.9. The highest BCUT2D eigenvalue weighted by Crippen LogP contribution is 2.43. The fourth-order valence-electron chi connectivity index (χ4n) is 4.21. The van der Waals surface area contributed by atoms with Crippen LogP contribution in [0.3, 0.4) is 0 Å². The van der Waals surface area contributed by atoms with Gasteiger partial charge in [0.15, 0.2) is 5.75 Å². The first kappa shape index (κ1) is 26.1. The maximum Gasteiger partial charge on any atom is 0.326 e. The van der Waals surface area contributed by atoms with E-state index in [1.54, 1.807) is 0 Å². The Bertz CT molecular complexity index is 1300. The number of hydrogen-bond acceptors (Lipinski definition) is 4. The lowest BCUT2D eigenvalue weighted by Crippen LogP contribution is -2.35. The molecular formula is C26H23Cl3FN3O3. The Hall–Kier alpha value is -3.00. The van der Waals surface area contributed by atoms with Crippen molar-refractivity contribution in [2.75, 3.05) is 24.3 Å². The van der Waals surface area contributed by atoms with E-state index in [0.29, 0.717) is 5.75 Å². The van der Waals surface area contributed by atoms with Gasteiger partial charge in [-0.05, 0) is 67.6 Å². The number of ether oxygens (including phenoxy) is 1. The minimum absolute atomic E-state index is 0.117. The standard InChI is InChI=1S/C26H23Cl3FN3O3/c1-33(2)21-10-11-22(16-7-4-3-6-15(16)21)36-24-18(28)12-14(13-19(24)29)31-26(35)32-25(34)23-17(27)8-5-9-20(23)30/h5,8-13H,3-4,6-7H2,1-2H3,(H2,31,32,34,35). The predicted molar refractivity (Wildman–Crippen MR) is 142 cm³/mol. The average molecular weight is 551 g/mol. The van der Waals surface area contributed by atoms with Gasteiger partial charge in [-0.3, -0.25) is 10.1 Å². The molecule has 4 rings (SSSR count). The Morgan fingerprint density at radius 1 is 0.944 bits per heavy atom. The molecule has 0 radical (unpaired) electrons. The molecule has 0 saturated heterocycles. The van der Waals surface area contributed by atoms with Crippen LogP contribution in [0.1, 0.15) is 34.3 Å². The van der Waals surface area contributed by atoms with Crippen molar-refractivity contribution in [1.82, 2.24) is 5.32 Å². The Kier molecular flexibility index (Phi) is 7.93. The summed E-state index contributed by atoms with van der Waals surface area (Å²) in [5.41, 5.74) is 3.33. The summed E-state index contributed by atoms with van der Waals surface area (Å²) in [6, 6.07) is 9.68. The van der Waals surface area contributed by atoms with Crippen molar-refractivity contribution < 1.29 is 18.7 Å². The second-order valence-electron chi connectivity index (χ2n) is 8.52. The zero-order chi connectivity index (χ0) is 26.0. The van der Waals surface area contributed by atoms with Gasteiger partial charge in [0.25, 0.3) is 5.91 Å². The number of rotatable bonds is 5. The molecule has 0 fully saturated rings. The number of hydrogen-bond donors (Lipinski definition) is 2. The van der Waals surface area contributed by atoms with Crippen LogP contribution in [0.5, 0.6) is 11.5 Å². The van der Waals surface area contributed by atoms with Crippen LogP contribution < -0.4 is 20.3 Å². The minimum Gasteiger partial charge on any atom is -0.454 e. The van der Waals surface area contributed by atoms with Crippen LogP contribution in [0.15, 0.2) is 42.5 Å². The van der Waals surface area contributed by atoms with Crippen LogP contribution in [0.25, 0.3) is 0 Å². The van der Waals surface area contributed by atoms with Crippen molar-refractivity contribution in [3.05, 3.63) is 80.0 Å². The molecule has 3 amide bonds. The largest absolute Gasteiger partial charge is 0.454 e. The first-order valence-electron chi connectivity index (χ1n) is 11.2. The van der Waals surface area contributed by atoms with Crippen molar-refractivity contribution in [3.8, 4) is 11.5 Å². The van der Waals surface area contributed by atoms with Crippen LogP contribution in [0.4, 0.5) is 20.6 Å². The normalized spacial score (nSPS) is 12.5. The number of carbonyl (C=O) groups is 2. The number of benzene rings is 3. The fraction of sp³-hybridized carbons (Fsp3) is 0.231. The van der Waals surface area contributed by atoms with Gasteiger partial charge in [0.2, 0.25) is 0 Å². The molecule has 10 heteroatoms. The Balaban J connectivity index is 1.52. The van der Waals surface area contributed by atoms with E-state index in [1.165, 1.54) is 29.8 Å². The summed E-state index contributed by atoms with van der Waals surface area (Å²) < 4.78 is 20.1. The van der Waals surface area contributed by atoms with E-state index in [1.807, 2.05) is 31.5 Å². The maximum absolute atomic E-state index is 13.9. The number of nitrogens with zero attached hydrogens (tertiary/aromatic N) is 1. The van der Waals surface area contributed by atoms with Crippen molar-refractivity contribution in [2.24, 2.45) is 0 Å². The van der Waals surface area contributed by atoms with E-state index in [9.17, 15) is 14.0 Å². The second-order valence-corrected chi connectivity index (χ2v) is 9.74. The third kappa shape index (κ3) is 5.53. The van der Waals surface area contributed by atoms with Gasteiger partial charge in [0.05, 0.1) is 20.6 Å². The zero-order valence-corrected chi connectivity index (χ0v) is 21.8. The molecule has 0 aromatic heterocycles. The average Bonchev–Trinajstić information content (AvgIpc) is 2.81. The Morgan fingerprint density at radius 3 is 2.25 bits per heavy atom. The number of urea groups is 1. The minimum atomic E-state index is -0.987. The van der Waals surface area contributed by atoms with Crippen molar-refractivity contribution in [1.29, 1.82) is 0 Å². The molecule has 0 spiro atoms. The SMILES string of the molecule is CN(C)c1ccc(Oc2c(Cl)cc(NC(=O)NC(=O)c3c(F)cccc3Cl)cc2Cl)c2c1CCCC2. The lowest BCUT2D eigenvalue weighted by molar-refractivity contribution is 0.0963. The van der Waals surface area contributed by atoms with Crippen LogP contribution in [-0.2, 0) is 12.8 Å². The molecule has 6 nitrogen and oxygen atoms in total. The first-order chi connectivity index (χ1) is 17.2. The highest BCUT2D eigenvalue weighted by molar-refractivity contribution is 6.38. The number of amides is 3. The molecule has 0 unspecified atom stereocenters. The molecule has 0 bridgehead atoms. The number of halogens is 4. The quantitative estimate of drug-likeness (QED) is 0.345. The van der Waals surface area contributed by atoms with Gasteiger partial charge in [-0.2, -0.15) is 0 Å². The van der Waals surface area contributed by atoms with Gasteiger partial charge < -0.3 is 15.0 Å². The van der Waals surface area contributed by atoms with E-state index < -0.39 is 23.3 Å². The Labute approximate surface area is 223 Å². The lowest BCUT2D eigenvalue weighted by atomic mass is 9.89. The smallest absolute Gasteiger partial charge is 0.326 e. The van der Waals surface area contributed by atoms with Crippen molar-refractivity contribution >= 4 is 58.1 Å². The summed E-state index contributed by atoms with van der Waals surface area (Å²) in [5.74, 6) is -0.895. The van der Waals surface area contributed by atoms with Crippen molar-refractivity contribution in [3.63, 3.8) is 0 Å². The van der Waals surface area contributed by atoms with Gasteiger partial charge in [-0.15, -0.1) is 0 Å². The number of anilines is 2. The summed E-state index contributed by atoms with van der Waals surface area (Å²) in [6.07, 6.45) is 4.04. The van der Waals surface area contributed by atoms with Gasteiger partial charge in [-0.25, -0.2) is 9.18 Å². The zero-order valence-electron chi connectivity index (χ0n) is 19.6. The van der Waals surface area contributed by atoms with E-state index in [-0.39, 0.29) is 26.5 Å². The molecular weight excluding hydrogens is 528 g/mol. The third-order valence-corrected chi connectivity index (χ3v) is 6.71. The lowest BCUT2D eigenvalue weighted by Gasteiger charge is -2.26. The molecule has 0 heterocycles. The van der Waals surface area contributed by atoms with Gasteiger partial charge in [0, 0.05) is 31.0 Å². The van der Waals surface area contributed by atoms with Crippen LogP contribution in [-0.4, -0.2) is 26.0 Å². The summed E-state index contributed by atoms with van der Waals surface area (Å²) in [7, 11) is 4.03. The molecule has 0 saturated carbocycles. The fourth-order valence-corrected chi connectivity index (χ4v) is 5.03. The molecule has 0 aliphatic heterocycles. The molecule has 1 aliphatic carbocycles. The molecule has 1 aliphatic rings. The van der Waals surface area contributed by atoms with E-state index in [4.69, 9.17) is 39.5 Å². The molecule has 0 atom stereocenters. The third-order valence-electron chi connectivity index (χ3n) is 5.83. The van der Waals surface area contributed by atoms with Crippen LogP contribution >= 0.6 is 34.8 Å². The van der Waals surface area contributed by atoms with Gasteiger partial charge in [0.1, 0.15) is 11.6 Å². The molecule has 2 N–H and O–H groups in total. The van der Waals surface area contributed by atoms with E-state index in [0.717, 1.165) is 43.0 Å². The predicted octanol–water partition coefficient (Wildman–Crippen LogP) is 7.48. The molecule has 188 valence electrons. The Morgan fingerprint density at radius 2 is 1.61 bits per heavy atom. The summed E-state index contributed by atoms with van der Waals surface area (Å²) in [5, 5.41) is 4.71. The summed E-state index contributed by atoms with van der Waals surface area (Å²) in [6.45, 7) is 0. The molecule has 36 heavy (non-hydrogen) atoms. The number of imide groups is 1. The van der Waals surface area contributed by atoms with Gasteiger partial charge in [-0.1, -0.05) is 40.9 Å². The summed E-state index contributed by atoms with van der Waals surface area (Å²) >= 11 is 18.8. The van der Waals surface area contributed by atoms with Crippen LogP contribution in [0, 0.1) is 5.82 Å². The van der Waals surface area contributed by atoms with E-state index in [2.05, 4.69) is 10.2 Å². The first-order valence-corrected chi connectivity index (χ1v) is 12.3. The summed E-state index contributed by atoms with van der Waals surface area (Å²) in [4.78, 5) is 26.7. The monoisotopic (exact) mass is 549 g/mol. The molecule has 3 aromatic carbocycles. The maximum atomic E-state index is 13.9. The van der Waals surface area contributed by atoms with Crippen molar-refractivity contribution in [2.45, 2.75) is 25.7 Å². The number of fused-ring (bicyclic) bond motifs is 1. The van der Waals surface area contributed by atoms with E-state index >= 15 is 0 Å².